The van der Waals surface area contributed by atoms with Crippen LogP contribution in [-0.4, -0.2) is 44.3 Å². The van der Waals surface area contributed by atoms with Crippen molar-refractivity contribution in [1.29, 1.82) is 0 Å². The van der Waals surface area contributed by atoms with Crippen molar-refractivity contribution in [3.8, 4) is 0 Å². The van der Waals surface area contributed by atoms with Gasteiger partial charge >= 0.3 is 0 Å². The molecule has 0 fully saturated rings. The smallest absolute Gasteiger partial charge is 0.261 e. The third-order valence-corrected chi connectivity index (χ3v) is 7.89. The fourth-order valence-corrected chi connectivity index (χ4v) is 5.36. The Morgan fingerprint density at radius 3 is 2.24 bits per heavy atom. The Kier molecular flexibility index (Phi) is 7.16. The van der Waals surface area contributed by atoms with Gasteiger partial charge in [0.1, 0.15) is 5.69 Å². The number of fused-ring (bicyclic) bond motifs is 2. The lowest BCUT2D eigenvalue weighted by Gasteiger charge is -2.21. The summed E-state index contributed by atoms with van der Waals surface area (Å²) in [6, 6.07) is 18.1. The van der Waals surface area contributed by atoms with E-state index in [4.69, 9.17) is 0 Å². The number of nitrogens with one attached hydrogen (secondary N) is 3. The van der Waals surface area contributed by atoms with Crippen molar-refractivity contribution >= 4 is 62.0 Å². The highest BCUT2D eigenvalue weighted by Crippen LogP contribution is 2.38. The highest BCUT2D eigenvalue weighted by Gasteiger charge is 2.29. The van der Waals surface area contributed by atoms with E-state index in [2.05, 4.69) is 31.9 Å². The molecule has 0 saturated heterocycles. The van der Waals surface area contributed by atoms with Gasteiger partial charge in [-0.15, -0.1) is 0 Å². The second-order valence-corrected chi connectivity index (χ2v) is 11.1. The van der Waals surface area contributed by atoms with Gasteiger partial charge in [-0.05, 0) is 73.7 Å². The van der Waals surface area contributed by atoms with Gasteiger partial charge in [0.05, 0.1) is 22.3 Å². The van der Waals surface area contributed by atoms with Crippen LogP contribution in [0.3, 0.4) is 0 Å². The normalized spacial score (nSPS) is 12.6. The van der Waals surface area contributed by atoms with Gasteiger partial charge in [-0.2, -0.15) is 4.98 Å². The fourth-order valence-electron chi connectivity index (χ4n) is 4.30. The van der Waals surface area contributed by atoms with Crippen molar-refractivity contribution in [3.05, 3.63) is 96.7 Å². The summed E-state index contributed by atoms with van der Waals surface area (Å²) in [6.07, 6.45) is 2.72. The van der Waals surface area contributed by atoms with Gasteiger partial charge < -0.3 is 20.4 Å². The first-order valence-electron chi connectivity index (χ1n) is 12.5. The molecule has 3 aromatic carbocycles. The van der Waals surface area contributed by atoms with Crippen LogP contribution in [0.4, 0.5) is 40.2 Å². The molecule has 0 spiro atoms. The summed E-state index contributed by atoms with van der Waals surface area (Å²) in [5, 5.41) is 5.70. The topological polar surface area (TPSA) is 137 Å². The average Bonchev–Trinajstić information content (AvgIpc) is 3.03. The number of rotatable bonds is 7. The number of nitrogens with zero attached hydrogens (tertiary/aromatic N) is 4. The lowest BCUT2D eigenvalue weighted by atomic mass is 10.1. The number of carbonyl (C=O) groups is 2. The Balaban J connectivity index is 1.33. The number of aromatic nitrogens is 2. The summed E-state index contributed by atoms with van der Waals surface area (Å²) in [7, 11) is -0.340. The number of amides is 2. The Morgan fingerprint density at radius 1 is 0.902 bits per heavy atom. The molecule has 11 nitrogen and oxygen atoms in total. The van der Waals surface area contributed by atoms with Crippen LogP contribution in [0.1, 0.15) is 15.9 Å². The molecule has 0 bridgehead atoms. The first-order valence-corrected chi connectivity index (χ1v) is 14.0. The molecule has 5 rings (SSSR count). The number of anilines is 7. The molecular weight excluding hydrogens is 542 g/mol. The van der Waals surface area contributed by atoms with E-state index < -0.39 is 10.0 Å². The summed E-state index contributed by atoms with van der Waals surface area (Å²) in [5.74, 6) is 0.307. The number of carbonyl (C=O) groups excluding carboxylic acids is 2. The van der Waals surface area contributed by atoms with Gasteiger partial charge in [0, 0.05) is 31.2 Å². The van der Waals surface area contributed by atoms with Crippen molar-refractivity contribution in [2.45, 2.75) is 11.8 Å². The zero-order valence-corrected chi connectivity index (χ0v) is 23.4. The minimum absolute atomic E-state index is 0.0571. The number of hydrogen-bond donors (Lipinski definition) is 3. The Labute approximate surface area is 237 Å². The molecule has 208 valence electrons. The van der Waals surface area contributed by atoms with E-state index in [9.17, 15) is 18.0 Å². The molecule has 2 amide bonds. The molecule has 0 unspecified atom stereocenters. The van der Waals surface area contributed by atoms with E-state index in [-0.39, 0.29) is 22.7 Å². The van der Waals surface area contributed by atoms with E-state index >= 15 is 0 Å². The van der Waals surface area contributed by atoms with Crippen molar-refractivity contribution in [2.24, 2.45) is 0 Å². The standard InChI is InChI=1S/C29H27N7O4S/c1-5-26(37)31-19-7-9-21(10-8-19)34-41(39,40)22-13-11-20(12-14-22)32-29-30-17-25-27(33-29)35(3)24-15-6-18(2)16-23(24)28(38)36(25)4/h5-17,34H,1H2,2-4H3,(H,31,37)(H,30,32,33). The second kappa shape index (κ2) is 10.7. The minimum atomic E-state index is -3.87. The van der Waals surface area contributed by atoms with Gasteiger partial charge in [-0.3, -0.25) is 14.3 Å². The third kappa shape index (κ3) is 5.58. The summed E-state index contributed by atoms with van der Waals surface area (Å²) in [4.78, 5) is 37.0. The summed E-state index contributed by atoms with van der Waals surface area (Å²) < 4.78 is 28.3. The molecule has 2 heterocycles. The molecule has 1 aliphatic rings. The molecule has 3 N–H and O–H groups in total. The summed E-state index contributed by atoms with van der Waals surface area (Å²) in [5.41, 5.74) is 4.26. The van der Waals surface area contributed by atoms with Crippen molar-refractivity contribution in [1.82, 2.24) is 9.97 Å². The Hall–Kier alpha value is -5.23. The van der Waals surface area contributed by atoms with Gasteiger partial charge in [-0.25, -0.2) is 13.4 Å². The molecule has 0 atom stereocenters. The van der Waals surface area contributed by atoms with E-state index in [0.717, 1.165) is 17.3 Å². The van der Waals surface area contributed by atoms with Gasteiger partial charge in [-0.1, -0.05) is 18.2 Å². The molecule has 0 saturated carbocycles. The zero-order chi connectivity index (χ0) is 29.3. The van der Waals surface area contributed by atoms with E-state index in [0.29, 0.717) is 34.1 Å². The van der Waals surface area contributed by atoms with Gasteiger partial charge in [0.15, 0.2) is 5.82 Å². The second-order valence-electron chi connectivity index (χ2n) is 9.37. The highest BCUT2D eigenvalue weighted by molar-refractivity contribution is 7.92. The average molecular weight is 570 g/mol. The maximum absolute atomic E-state index is 13.1. The first-order chi connectivity index (χ1) is 19.6. The van der Waals surface area contributed by atoms with Crippen LogP contribution >= 0.6 is 0 Å². The molecule has 0 radical (unpaired) electrons. The molecule has 0 aliphatic carbocycles. The molecule has 12 heteroatoms. The maximum atomic E-state index is 13.1. The Morgan fingerprint density at radius 2 is 1.56 bits per heavy atom. The van der Waals surface area contributed by atoms with Crippen LogP contribution in [-0.2, 0) is 14.8 Å². The van der Waals surface area contributed by atoms with E-state index in [1.54, 1.807) is 49.6 Å². The zero-order valence-electron chi connectivity index (χ0n) is 22.5. The number of aryl methyl sites for hydroxylation is 1. The van der Waals surface area contributed by atoms with Crippen LogP contribution < -0.4 is 25.2 Å². The molecule has 1 aliphatic heterocycles. The monoisotopic (exact) mass is 569 g/mol. The predicted molar refractivity (Wildman–Crippen MR) is 160 cm³/mol. The van der Waals surface area contributed by atoms with Crippen LogP contribution in [0.15, 0.2) is 90.5 Å². The lowest BCUT2D eigenvalue weighted by molar-refractivity contribution is -0.111. The van der Waals surface area contributed by atoms with Crippen LogP contribution in [0.2, 0.25) is 0 Å². The van der Waals surface area contributed by atoms with Crippen molar-refractivity contribution < 1.29 is 18.0 Å². The third-order valence-electron chi connectivity index (χ3n) is 6.49. The summed E-state index contributed by atoms with van der Waals surface area (Å²) >= 11 is 0. The number of benzene rings is 3. The maximum Gasteiger partial charge on any atom is 0.261 e. The molecule has 41 heavy (non-hydrogen) atoms. The SMILES string of the molecule is C=CC(=O)Nc1ccc(NS(=O)(=O)c2ccc(Nc3ncc4c(n3)N(C)c3ccc(C)cc3C(=O)N4C)cc2)cc1. The van der Waals surface area contributed by atoms with Gasteiger partial charge in [0.25, 0.3) is 15.9 Å². The fraction of sp³-hybridized carbons (Fsp3) is 0.103. The number of hydrogen-bond acceptors (Lipinski definition) is 8. The van der Waals surface area contributed by atoms with Crippen LogP contribution in [0, 0.1) is 6.92 Å². The molecule has 4 aromatic rings. The van der Waals surface area contributed by atoms with E-state index in [1.165, 1.54) is 17.0 Å². The van der Waals surface area contributed by atoms with E-state index in [1.807, 2.05) is 37.1 Å². The summed E-state index contributed by atoms with van der Waals surface area (Å²) in [6.45, 7) is 5.33. The predicted octanol–water partition coefficient (Wildman–Crippen LogP) is 4.81. The quantitative estimate of drug-likeness (QED) is 0.270. The van der Waals surface area contributed by atoms with Gasteiger partial charge in [0.2, 0.25) is 11.9 Å². The minimum Gasteiger partial charge on any atom is -0.327 e. The lowest BCUT2D eigenvalue weighted by Crippen LogP contribution is -2.25. The molecular formula is C29H27N7O4S. The highest BCUT2D eigenvalue weighted by atomic mass is 32.2. The number of sulfonamides is 1. The first kappa shape index (κ1) is 27.3. The van der Waals surface area contributed by atoms with Crippen LogP contribution in [0.25, 0.3) is 0 Å². The van der Waals surface area contributed by atoms with Crippen molar-refractivity contribution in [3.63, 3.8) is 0 Å². The molecule has 1 aromatic heterocycles. The Bertz CT molecular complexity index is 1770. The van der Waals surface area contributed by atoms with Crippen molar-refractivity contribution in [2.75, 3.05) is 39.3 Å². The van der Waals surface area contributed by atoms with Crippen LogP contribution in [0.5, 0.6) is 0 Å². The largest absolute Gasteiger partial charge is 0.327 e.